The molecule has 1 heterocycles. The van der Waals surface area contributed by atoms with E-state index in [1.165, 1.54) is 27.8 Å². The molecule has 86 valence electrons. The van der Waals surface area contributed by atoms with Gasteiger partial charge < -0.3 is 5.73 Å². The summed E-state index contributed by atoms with van der Waals surface area (Å²) in [6, 6.07) is 0. The summed E-state index contributed by atoms with van der Waals surface area (Å²) in [7, 11) is 0. The number of hydrogen-bond donors (Lipinski definition) is 1. The number of nitrogens with zero attached hydrogens (tertiary/aromatic N) is 1. The summed E-state index contributed by atoms with van der Waals surface area (Å²) in [5, 5.41) is 1.23. The highest BCUT2D eigenvalue weighted by Crippen LogP contribution is 2.27. The molecule has 1 rings (SSSR count). The van der Waals surface area contributed by atoms with E-state index < -0.39 is 0 Å². The molecule has 1 aromatic heterocycles. The molecule has 0 aliphatic rings. The van der Waals surface area contributed by atoms with E-state index in [4.69, 9.17) is 5.73 Å². The lowest BCUT2D eigenvalue weighted by molar-refractivity contribution is 0.808. The van der Waals surface area contributed by atoms with Gasteiger partial charge in [-0.3, -0.25) is 0 Å². The van der Waals surface area contributed by atoms with Gasteiger partial charge in [-0.2, -0.15) is 11.8 Å². The van der Waals surface area contributed by atoms with Crippen LogP contribution in [0.1, 0.15) is 48.7 Å². The van der Waals surface area contributed by atoms with Gasteiger partial charge in [0, 0.05) is 17.2 Å². The molecule has 0 aliphatic heterocycles. The Morgan fingerprint density at radius 1 is 1.47 bits per heavy atom. The predicted molar refractivity (Wildman–Crippen MR) is 70.5 cm³/mol. The first-order valence-electron chi connectivity index (χ1n) is 5.45. The van der Waals surface area contributed by atoms with Gasteiger partial charge in [-0.25, -0.2) is 4.98 Å². The van der Waals surface area contributed by atoms with E-state index in [0.717, 1.165) is 5.75 Å². The molecule has 0 amide bonds. The van der Waals surface area contributed by atoms with Crippen molar-refractivity contribution in [2.45, 2.75) is 45.4 Å². The zero-order chi connectivity index (χ0) is 11.3. The highest BCUT2D eigenvalue weighted by Gasteiger charge is 2.12. The highest BCUT2D eigenvalue weighted by molar-refractivity contribution is 7.98. The third-order valence-electron chi connectivity index (χ3n) is 2.08. The number of aromatic nitrogens is 1. The SMILES string of the molecule is CCCSCc1nc(C(C)C)c(CN)s1. The summed E-state index contributed by atoms with van der Waals surface area (Å²) < 4.78 is 0. The molecular formula is C11H20N2S2. The molecule has 0 fully saturated rings. The summed E-state index contributed by atoms with van der Waals surface area (Å²) in [6.45, 7) is 7.19. The van der Waals surface area contributed by atoms with Crippen molar-refractivity contribution in [1.29, 1.82) is 0 Å². The first-order valence-corrected chi connectivity index (χ1v) is 7.42. The van der Waals surface area contributed by atoms with Gasteiger partial charge in [0.2, 0.25) is 0 Å². The molecule has 0 radical (unpaired) electrons. The Hall–Kier alpha value is -0.0600. The third-order valence-corrected chi connectivity index (χ3v) is 4.53. The van der Waals surface area contributed by atoms with Gasteiger partial charge in [0.1, 0.15) is 5.01 Å². The van der Waals surface area contributed by atoms with Gasteiger partial charge in [-0.15, -0.1) is 11.3 Å². The van der Waals surface area contributed by atoms with Gasteiger partial charge >= 0.3 is 0 Å². The minimum atomic E-state index is 0.490. The molecule has 0 aliphatic carbocycles. The topological polar surface area (TPSA) is 38.9 Å². The summed E-state index contributed by atoms with van der Waals surface area (Å²) in [5.74, 6) is 2.75. The first-order chi connectivity index (χ1) is 7.19. The minimum Gasteiger partial charge on any atom is -0.326 e. The van der Waals surface area contributed by atoms with Crippen LogP contribution in [-0.4, -0.2) is 10.7 Å². The second-order valence-corrected chi connectivity index (χ2v) is 6.10. The maximum atomic E-state index is 5.72. The van der Waals surface area contributed by atoms with E-state index in [9.17, 15) is 0 Å². The molecule has 0 spiro atoms. The molecular weight excluding hydrogens is 224 g/mol. The zero-order valence-electron chi connectivity index (χ0n) is 9.75. The lowest BCUT2D eigenvalue weighted by atomic mass is 10.1. The number of rotatable bonds is 6. The predicted octanol–water partition coefficient (Wildman–Crippen LogP) is 3.37. The summed E-state index contributed by atoms with van der Waals surface area (Å²) in [5.41, 5.74) is 6.92. The monoisotopic (exact) mass is 244 g/mol. The van der Waals surface area contributed by atoms with Crippen molar-refractivity contribution >= 4 is 23.1 Å². The maximum Gasteiger partial charge on any atom is 0.103 e. The van der Waals surface area contributed by atoms with Crippen LogP contribution in [-0.2, 0) is 12.3 Å². The Morgan fingerprint density at radius 3 is 2.67 bits per heavy atom. The standard InChI is InChI=1S/C11H20N2S2/c1-4-5-14-7-10-13-11(8(2)3)9(6-12)15-10/h8H,4-7,12H2,1-3H3. The van der Waals surface area contributed by atoms with Crippen molar-refractivity contribution in [3.63, 3.8) is 0 Å². The first kappa shape index (κ1) is 13.0. The van der Waals surface area contributed by atoms with Crippen molar-refractivity contribution in [2.75, 3.05) is 5.75 Å². The van der Waals surface area contributed by atoms with Crippen LogP contribution < -0.4 is 5.73 Å². The van der Waals surface area contributed by atoms with Gasteiger partial charge in [-0.1, -0.05) is 20.8 Å². The zero-order valence-corrected chi connectivity index (χ0v) is 11.4. The van der Waals surface area contributed by atoms with E-state index in [2.05, 4.69) is 25.8 Å². The van der Waals surface area contributed by atoms with Crippen LogP contribution in [0.4, 0.5) is 0 Å². The minimum absolute atomic E-state index is 0.490. The lowest BCUT2D eigenvalue weighted by Gasteiger charge is -2.01. The molecule has 0 aromatic carbocycles. The van der Waals surface area contributed by atoms with Crippen LogP contribution in [0, 0.1) is 0 Å². The Labute approximate surface area is 101 Å². The molecule has 2 N–H and O–H groups in total. The van der Waals surface area contributed by atoms with Crippen LogP contribution in [0.5, 0.6) is 0 Å². The fourth-order valence-electron chi connectivity index (χ4n) is 1.38. The Bertz CT molecular complexity index is 295. The van der Waals surface area contributed by atoms with Gasteiger partial charge in [0.05, 0.1) is 5.69 Å². The summed E-state index contributed by atoms with van der Waals surface area (Å²) in [6.07, 6.45) is 1.23. The van der Waals surface area contributed by atoms with Crippen molar-refractivity contribution in [1.82, 2.24) is 4.98 Å². The Morgan fingerprint density at radius 2 is 2.20 bits per heavy atom. The van der Waals surface area contributed by atoms with Gasteiger partial charge in [0.25, 0.3) is 0 Å². The Balaban J connectivity index is 2.65. The van der Waals surface area contributed by atoms with E-state index >= 15 is 0 Å². The van der Waals surface area contributed by atoms with Crippen LogP contribution >= 0.6 is 23.1 Å². The van der Waals surface area contributed by atoms with Crippen molar-refractivity contribution < 1.29 is 0 Å². The molecule has 0 saturated heterocycles. The van der Waals surface area contributed by atoms with Gasteiger partial charge in [-0.05, 0) is 18.1 Å². The van der Waals surface area contributed by atoms with E-state index in [1.807, 2.05) is 11.8 Å². The molecule has 0 bridgehead atoms. The largest absolute Gasteiger partial charge is 0.326 e. The number of thiazole rings is 1. The molecule has 0 saturated carbocycles. The van der Waals surface area contributed by atoms with Gasteiger partial charge in [0.15, 0.2) is 0 Å². The smallest absolute Gasteiger partial charge is 0.103 e. The van der Waals surface area contributed by atoms with Crippen LogP contribution in [0.2, 0.25) is 0 Å². The average molecular weight is 244 g/mol. The van der Waals surface area contributed by atoms with Crippen LogP contribution in [0.25, 0.3) is 0 Å². The number of hydrogen-bond acceptors (Lipinski definition) is 4. The molecule has 0 unspecified atom stereocenters. The molecule has 4 heteroatoms. The van der Waals surface area contributed by atoms with E-state index in [0.29, 0.717) is 12.5 Å². The Kier molecular flexibility index (Phi) is 5.64. The molecule has 15 heavy (non-hydrogen) atoms. The van der Waals surface area contributed by atoms with Crippen molar-refractivity contribution in [3.8, 4) is 0 Å². The highest BCUT2D eigenvalue weighted by atomic mass is 32.2. The normalized spacial score (nSPS) is 11.3. The van der Waals surface area contributed by atoms with Crippen molar-refractivity contribution in [3.05, 3.63) is 15.6 Å². The second-order valence-electron chi connectivity index (χ2n) is 3.83. The molecule has 2 nitrogen and oxygen atoms in total. The van der Waals surface area contributed by atoms with Crippen LogP contribution in [0.15, 0.2) is 0 Å². The fourth-order valence-corrected chi connectivity index (χ4v) is 3.43. The number of thioether (sulfide) groups is 1. The van der Waals surface area contributed by atoms with E-state index in [1.54, 1.807) is 11.3 Å². The molecule has 0 atom stereocenters. The second kappa shape index (κ2) is 6.51. The third kappa shape index (κ3) is 3.78. The lowest BCUT2D eigenvalue weighted by Crippen LogP contribution is -1.99. The number of nitrogens with two attached hydrogens (primary N) is 1. The quantitative estimate of drug-likeness (QED) is 0.780. The maximum absolute atomic E-state index is 5.72. The summed E-state index contributed by atoms with van der Waals surface area (Å²) in [4.78, 5) is 5.93. The average Bonchev–Trinajstić information content (AvgIpc) is 2.62. The fraction of sp³-hybridized carbons (Fsp3) is 0.727. The summed E-state index contributed by atoms with van der Waals surface area (Å²) >= 11 is 3.74. The van der Waals surface area contributed by atoms with Crippen molar-refractivity contribution in [2.24, 2.45) is 5.73 Å². The van der Waals surface area contributed by atoms with Crippen LogP contribution in [0.3, 0.4) is 0 Å². The molecule has 1 aromatic rings. The van der Waals surface area contributed by atoms with E-state index in [-0.39, 0.29) is 0 Å².